The van der Waals surface area contributed by atoms with Gasteiger partial charge in [-0.3, -0.25) is 0 Å². The summed E-state index contributed by atoms with van der Waals surface area (Å²) in [4.78, 5) is 0. The summed E-state index contributed by atoms with van der Waals surface area (Å²) < 4.78 is 3.15. The molecule has 1 rings (SSSR count). The number of hydrazone groups is 1. The zero-order valence-corrected chi connectivity index (χ0v) is 7.11. The van der Waals surface area contributed by atoms with Crippen molar-refractivity contribution in [2.45, 2.75) is 0 Å². The van der Waals surface area contributed by atoms with Crippen molar-refractivity contribution < 1.29 is 4.68 Å². The minimum Gasteiger partial charge on any atom is -0.0518 e. The molecule has 0 bridgehead atoms. The normalized spacial score (nSPS) is 18.5. The van der Waals surface area contributed by atoms with Crippen LogP contribution in [0.25, 0.3) is 0 Å². The fraction of sp³-hybridized carbons (Fsp3) is 0. The first kappa shape index (κ1) is 6.16. The van der Waals surface area contributed by atoms with E-state index < -0.39 is 0 Å². The highest BCUT2D eigenvalue weighted by molar-refractivity contribution is 9.18. The molecule has 0 spiro atoms. The Hall–Kier alpha value is 0.0400. The minimum absolute atomic E-state index is 0.791. The Morgan fingerprint density at radius 1 is 1.62 bits per heavy atom. The van der Waals surface area contributed by atoms with Gasteiger partial charge >= 0.3 is 0 Å². The van der Waals surface area contributed by atoms with Crippen molar-refractivity contribution in [2.24, 2.45) is 5.10 Å². The molecule has 0 aromatic carbocycles. The molecule has 0 fully saturated rings. The lowest BCUT2D eigenvalue weighted by Crippen LogP contribution is -1.87. The summed E-state index contributed by atoms with van der Waals surface area (Å²) >= 11 is 6.40. The minimum atomic E-state index is 0.791. The Labute approximate surface area is 63.8 Å². The first-order chi connectivity index (χ1) is 3.70. The van der Waals surface area contributed by atoms with Gasteiger partial charge in [-0.2, -0.15) is 0 Å². The van der Waals surface area contributed by atoms with Crippen LogP contribution in [-0.4, -0.2) is 16.0 Å². The molecule has 8 heavy (non-hydrogen) atoms. The van der Waals surface area contributed by atoms with Crippen LogP contribution in [0.4, 0.5) is 0 Å². The first-order valence-corrected chi connectivity index (χ1v) is 3.50. The van der Waals surface area contributed by atoms with E-state index in [1.165, 1.54) is 4.68 Å². The first-order valence-electron chi connectivity index (χ1n) is 1.92. The van der Waals surface area contributed by atoms with E-state index >= 15 is 0 Å². The molecule has 0 radical (unpaired) electrons. The Morgan fingerprint density at radius 3 is 2.38 bits per heavy atom. The topological polar surface area (TPSA) is 15.4 Å². The van der Waals surface area contributed by atoms with Gasteiger partial charge in [-0.1, -0.05) is 4.68 Å². The van der Waals surface area contributed by atoms with Gasteiger partial charge in [0.15, 0.2) is 11.3 Å². The van der Waals surface area contributed by atoms with Gasteiger partial charge in [0.2, 0.25) is 0 Å². The second-order valence-electron chi connectivity index (χ2n) is 1.29. The molecule has 1 aliphatic heterocycles. The lowest BCUT2D eigenvalue weighted by molar-refractivity contribution is -0.454. The van der Waals surface area contributed by atoms with Crippen molar-refractivity contribution in [3.63, 3.8) is 0 Å². The second kappa shape index (κ2) is 2.11. The van der Waals surface area contributed by atoms with Crippen LogP contribution >= 0.6 is 31.9 Å². The smallest absolute Gasteiger partial charge is 0.0518 e. The highest BCUT2D eigenvalue weighted by Crippen LogP contribution is 2.14. The van der Waals surface area contributed by atoms with E-state index in [2.05, 4.69) is 43.7 Å². The summed E-state index contributed by atoms with van der Waals surface area (Å²) in [6.07, 6.45) is 1.83. The molecule has 0 saturated carbocycles. The van der Waals surface area contributed by atoms with Crippen LogP contribution in [0.5, 0.6) is 0 Å². The summed E-state index contributed by atoms with van der Waals surface area (Å²) in [5.74, 6) is 0. The number of nitrogens with zero attached hydrogens (tertiary/aromatic N) is 2. The molecule has 0 saturated heterocycles. The van der Waals surface area contributed by atoms with E-state index in [9.17, 15) is 0 Å². The van der Waals surface area contributed by atoms with Gasteiger partial charge in [0.25, 0.3) is 4.61 Å². The van der Waals surface area contributed by atoms with E-state index in [-0.39, 0.29) is 0 Å². The summed E-state index contributed by atoms with van der Waals surface area (Å²) in [7, 11) is 0. The molecule has 0 aromatic rings. The largest absolute Gasteiger partial charge is 0.282 e. The number of rotatable bonds is 0. The van der Waals surface area contributed by atoms with E-state index in [1.807, 2.05) is 6.08 Å². The molecular formula is C4H3Br2N2+. The maximum atomic E-state index is 3.89. The molecular weight excluding hydrogens is 236 g/mol. The molecule has 1 aliphatic rings. The lowest BCUT2D eigenvalue weighted by Gasteiger charge is -1.74. The number of halogens is 2. The molecule has 4 heteroatoms. The van der Waals surface area contributed by atoms with Gasteiger partial charge in [-0.05, 0) is 15.9 Å². The van der Waals surface area contributed by atoms with E-state index in [4.69, 9.17) is 0 Å². The molecule has 0 N–H and O–H groups in total. The monoisotopic (exact) mass is 237 g/mol. The van der Waals surface area contributed by atoms with Crippen molar-refractivity contribution >= 4 is 43.2 Å². The zero-order chi connectivity index (χ0) is 6.15. The Bertz CT molecular complexity index is 189. The van der Waals surface area contributed by atoms with Crippen LogP contribution in [0.2, 0.25) is 0 Å². The molecule has 0 atom stereocenters. The van der Waals surface area contributed by atoms with Gasteiger partial charge in [0.1, 0.15) is 0 Å². The predicted molar refractivity (Wildman–Crippen MR) is 40.8 cm³/mol. The van der Waals surface area contributed by atoms with Gasteiger partial charge in [-0.15, -0.1) is 0 Å². The van der Waals surface area contributed by atoms with Crippen molar-refractivity contribution in [1.82, 2.24) is 0 Å². The SMILES string of the molecule is C=[N+]1N=C(Br)C=C1Br. The van der Waals surface area contributed by atoms with E-state index in [1.54, 1.807) is 0 Å². The summed E-state index contributed by atoms with van der Waals surface area (Å²) in [6, 6.07) is 0. The van der Waals surface area contributed by atoms with Crippen LogP contribution in [-0.2, 0) is 0 Å². The van der Waals surface area contributed by atoms with Crippen molar-refractivity contribution in [3.8, 4) is 0 Å². The second-order valence-corrected chi connectivity index (χ2v) is 2.91. The van der Waals surface area contributed by atoms with Gasteiger partial charge in [0.05, 0.1) is 6.08 Å². The molecule has 2 nitrogen and oxygen atoms in total. The number of hydrogen-bond acceptors (Lipinski definition) is 1. The van der Waals surface area contributed by atoms with Crippen LogP contribution in [0, 0.1) is 0 Å². The van der Waals surface area contributed by atoms with Crippen LogP contribution in [0.3, 0.4) is 0 Å². The molecule has 0 aromatic heterocycles. The van der Waals surface area contributed by atoms with E-state index in [0.29, 0.717) is 0 Å². The lowest BCUT2D eigenvalue weighted by atomic mass is 10.7. The maximum Gasteiger partial charge on any atom is 0.282 e. The highest BCUT2D eigenvalue weighted by Gasteiger charge is 2.14. The third-order valence-electron chi connectivity index (χ3n) is 0.701. The van der Waals surface area contributed by atoms with Crippen molar-refractivity contribution in [3.05, 3.63) is 10.7 Å². The summed E-state index contributed by atoms with van der Waals surface area (Å²) in [6.45, 7) is 3.57. The molecule has 0 unspecified atom stereocenters. The number of hydrogen-bond donors (Lipinski definition) is 0. The van der Waals surface area contributed by atoms with Crippen molar-refractivity contribution in [2.75, 3.05) is 0 Å². The van der Waals surface area contributed by atoms with Crippen LogP contribution < -0.4 is 0 Å². The average Bonchev–Trinajstić information content (AvgIpc) is 1.85. The zero-order valence-electron chi connectivity index (χ0n) is 3.93. The summed E-state index contributed by atoms with van der Waals surface area (Å²) in [5, 5.41) is 3.89. The Balaban J connectivity index is 2.95. The fourth-order valence-corrected chi connectivity index (χ4v) is 1.38. The van der Waals surface area contributed by atoms with Gasteiger partial charge in [0, 0.05) is 21.0 Å². The standard InChI is InChI=1S/C4H3Br2N2/c1-8-4(6)2-3(5)7-8/h2H,1H2/q+1. The third-order valence-corrected chi connectivity index (χ3v) is 1.73. The van der Waals surface area contributed by atoms with Crippen LogP contribution in [0.15, 0.2) is 15.8 Å². The van der Waals surface area contributed by atoms with E-state index in [0.717, 1.165) is 9.23 Å². The van der Waals surface area contributed by atoms with Crippen molar-refractivity contribution in [1.29, 1.82) is 0 Å². The Morgan fingerprint density at radius 2 is 2.25 bits per heavy atom. The third kappa shape index (κ3) is 1.06. The molecule has 1 heterocycles. The maximum absolute atomic E-state index is 3.89. The Kier molecular flexibility index (Phi) is 1.62. The quantitative estimate of drug-likeness (QED) is 0.451. The van der Waals surface area contributed by atoms with Crippen LogP contribution in [0.1, 0.15) is 0 Å². The predicted octanol–water partition coefficient (Wildman–Crippen LogP) is 1.66. The average molecular weight is 239 g/mol. The molecule has 0 aliphatic carbocycles. The van der Waals surface area contributed by atoms with Gasteiger partial charge in [-0.25, -0.2) is 0 Å². The molecule has 42 valence electrons. The number of allylic oxidation sites excluding steroid dienone is 1. The molecule has 0 amide bonds. The summed E-state index contributed by atoms with van der Waals surface area (Å²) in [5.41, 5.74) is 0. The fourth-order valence-electron chi connectivity index (χ4n) is 0.365. The van der Waals surface area contributed by atoms with Gasteiger partial charge < -0.3 is 0 Å². The highest BCUT2D eigenvalue weighted by atomic mass is 79.9.